The van der Waals surface area contributed by atoms with Gasteiger partial charge in [0.1, 0.15) is 5.75 Å². The van der Waals surface area contributed by atoms with Crippen molar-refractivity contribution in [1.29, 1.82) is 0 Å². The Morgan fingerprint density at radius 3 is 2.87 bits per heavy atom. The van der Waals surface area contributed by atoms with Crippen LogP contribution in [0.15, 0.2) is 18.2 Å². The molecule has 0 spiro atoms. The number of halogens is 1. The van der Waals surface area contributed by atoms with Gasteiger partial charge in [-0.05, 0) is 38.2 Å². The van der Waals surface area contributed by atoms with Crippen molar-refractivity contribution in [3.05, 3.63) is 28.8 Å². The second kappa shape index (κ2) is 5.95. The third kappa shape index (κ3) is 3.38. The fourth-order valence-corrected chi connectivity index (χ4v) is 1.63. The van der Waals surface area contributed by atoms with Crippen LogP contribution in [0.1, 0.15) is 18.0 Å². The molecule has 0 fully saturated rings. The predicted molar refractivity (Wildman–Crippen MR) is 63.5 cm³/mol. The quantitative estimate of drug-likeness (QED) is 0.810. The molecule has 0 radical (unpaired) electrons. The lowest BCUT2D eigenvalue weighted by molar-refractivity contribution is 0.404. The van der Waals surface area contributed by atoms with Gasteiger partial charge in [-0.2, -0.15) is 0 Å². The topological polar surface area (TPSA) is 47.3 Å². The molecule has 0 aliphatic heterocycles. The second-order valence-corrected chi connectivity index (χ2v) is 3.82. The van der Waals surface area contributed by atoms with Gasteiger partial charge in [0.15, 0.2) is 0 Å². The maximum absolute atomic E-state index is 6.05. The van der Waals surface area contributed by atoms with Gasteiger partial charge < -0.3 is 15.8 Å². The molecule has 0 aromatic heterocycles. The lowest BCUT2D eigenvalue weighted by Gasteiger charge is -2.15. The Bertz CT molecular complexity index is 317. The molecule has 0 heterocycles. The minimum atomic E-state index is -0.0499. The van der Waals surface area contributed by atoms with Crippen molar-refractivity contribution in [3.63, 3.8) is 0 Å². The van der Waals surface area contributed by atoms with Crippen molar-refractivity contribution in [2.75, 3.05) is 20.7 Å². The molecule has 1 rings (SSSR count). The van der Waals surface area contributed by atoms with Crippen LogP contribution in [0, 0.1) is 0 Å². The summed E-state index contributed by atoms with van der Waals surface area (Å²) in [5, 5.41) is 3.75. The first-order chi connectivity index (χ1) is 7.19. The summed E-state index contributed by atoms with van der Waals surface area (Å²) in [4.78, 5) is 0. The number of rotatable bonds is 5. The van der Waals surface area contributed by atoms with E-state index < -0.39 is 0 Å². The maximum atomic E-state index is 6.05. The van der Waals surface area contributed by atoms with E-state index in [9.17, 15) is 0 Å². The van der Waals surface area contributed by atoms with Crippen LogP contribution in [0.5, 0.6) is 5.75 Å². The average Bonchev–Trinajstić information content (AvgIpc) is 2.25. The third-order valence-corrected chi connectivity index (χ3v) is 2.53. The molecule has 1 aromatic carbocycles. The largest absolute Gasteiger partial charge is 0.496 e. The number of hydrogen-bond acceptors (Lipinski definition) is 3. The van der Waals surface area contributed by atoms with Crippen LogP contribution in [-0.4, -0.2) is 20.7 Å². The number of hydrogen-bond donors (Lipinski definition) is 2. The molecule has 0 bridgehead atoms. The lowest BCUT2D eigenvalue weighted by Crippen LogP contribution is -2.18. The number of benzene rings is 1. The van der Waals surface area contributed by atoms with Crippen molar-refractivity contribution in [3.8, 4) is 5.75 Å². The predicted octanol–water partition coefficient (Wildman–Crippen LogP) is 1.96. The van der Waals surface area contributed by atoms with Gasteiger partial charge in [0.05, 0.1) is 7.11 Å². The fraction of sp³-hybridized carbons (Fsp3) is 0.455. The zero-order valence-electron chi connectivity index (χ0n) is 9.09. The fourth-order valence-electron chi connectivity index (χ4n) is 1.45. The van der Waals surface area contributed by atoms with Crippen molar-refractivity contribution < 1.29 is 4.74 Å². The summed E-state index contributed by atoms with van der Waals surface area (Å²) in [6, 6.07) is 5.46. The van der Waals surface area contributed by atoms with Crippen LogP contribution < -0.4 is 15.8 Å². The Hall–Kier alpha value is -0.770. The van der Waals surface area contributed by atoms with Gasteiger partial charge in [0.2, 0.25) is 0 Å². The highest BCUT2D eigenvalue weighted by Gasteiger charge is 2.11. The Kier molecular flexibility index (Phi) is 4.88. The smallest absolute Gasteiger partial charge is 0.123 e. The molecule has 1 atom stereocenters. The van der Waals surface area contributed by atoms with E-state index in [1.54, 1.807) is 13.2 Å². The molecule has 15 heavy (non-hydrogen) atoms. The van der Waals surface area contributed by atoms with Crippen molar-refractivity contribution in [2.24, 2.45) is 5.73 Å². The Morgan fingerprint density at radius 2 is 2.27 bits per heavy atom. The normalized spacial score (nSPS) is 12.5. The third-order valence-electron chi connectivity index (χ3n) is 2.30. The molecular weight excluding hydrogens is 212 g/mol. The Morgan fingerprint density at radius 1 is 1.53 bits per heavy atom. The molecule has 0 amide bonds. The van der Waals surface area contributed by atoms with Crippen LogP contribution in [0.4, 0.5) is 0 Å². The first-order valence-electron chi connectivity index (χ1n) is 4.92. The molecule has 0 aliphatic carbocycles. The van der Waals surface area contributed by atoms with E-state index in [0.29, 0.717) is 5.02 Å². The van der Waals surface area contributed by atoms with Crippen LogP contribution in [0.25, 0.3) is 0 Å². The number of nitrogens with one attached hydrogen (secondary N) is 1. The van der Waals surface area contributed by atoms with Crippen LogP contribution in [-0.2, 0) is 0 Å². The monoisotopic (exact) mass is 228 g/mol. The van der Waals surface area contributed by atoms with Gasteiger partial charge in [-0.3, -0.25) is 0 Å². The summed E-state index contributed by atoms with van der Waals surface area (Å²) in [5.41, 5.74) is 7.01. The molecule has 3 N–H and O–H groups in total. The van der Waals surface area contributed by atoms with E-state index in [1.165, 1.54) is 0 Å². The van der Waals surface area contributed by atoms with Gasteiger partial charge in [-0.25, -0.2) is 0 Å². The lowest BCUT2D eigenvalue weighted by atomic mass is 10.0. The van der Waals surface area contributed by atoms with E-state index in [4.69, 9.17) is 22.1 Å². The highest BCUT2D eigenvalue weighted by molar-refractivity contribution is 6.30. The first-order valence-corrected chi connectivity index (χ1v) is 5.30. The molecule has 0 saturated heterocycles. The standard InChI is InChI=1S/C11H17ClN2O/c1-14-6-5-10(13)9-7-8(12)3-4-11(9)15-2/h3-4,7,10,14H,5-6,13H2,1-2H3. The molecule has 84 valence electrons. The maximum Gasteiger partial charge on any atom is 0.123 e. The summed E-state index contributed by atoms with van der Waals surface area (Å²) in [5.74, 6) is 0.794. The summed E-state index contributed by atoms with van der Waals surface area (Å²) in [7, 11) is 3.54. The van der Waals surface area contributed by atoms with Crippen LogP contribution >= 0.6 is 11.6 Å². The van der Waals surface area contributed by atoms with Crippen molar-refractivity contribution in [1.82, 2.24) is 5.32 Å². The van der Waals surface area contributed by atoms with E-state index in [2.05, 4.69) is 5.32 Å². The molecule has 0 saturated carbocycles. The van der Waals surface area contributed by atoms with Crippen molar-refractivity contribution in [2.45, 2.75) is 12.5 Å². The van der Waals surface area contributed by atoms with Crippen LogP contribution in [0.3, 0.4) is 0 Å². The summed E-state index contributed by atoms with van der Waals surface area (Å²) >= 11 is 5.93. The number of ether oxygens (including phenoxy) is 1. The summed E-state index contributed by atoms with van der Waals surface area (Å²) in [6.45, 7) is 0.872. The summed E-state index contributed by atoms with van der Waals surface area (Å²) in [6.07, 6.45) is 0.854. The number of nitrogens with two attached hydrogens (primary N) is 1. The van der Waals surface area contributed by atoms with E-state index in [-0.39, 0.29) is 6.04 Å². The minimum Gasteiger partial charge on any atom is -0.496 e. The van der Waals surface area contributed by atoms with Gasteiger partial charge in [-0.15, -0.1) is 0 Å². The highest BCUT2D eigenvalue weighted by Crippen LogP contribution is 2.28. The van der Waals surface area contributed by atoms with Gasteiger partial charge in [0.25, 0.3) is 0 Å². The molecule has 3 nitrogen and oxygen atoms in total. The SMILES string of the molecule is CNCCC(N)c1cc(Cl)ccc1OC. The zero-order chi connectivity index (χ0) is 11.3. The zero-order valence-corrected chi connectivity index (χ0v) is 9.84. The average molecular weight is 229 g/mol. The molecule has 0 aliphatic rings. The van der Waals surface area contributed by atoms with E-state index in [0.717, 1.165) is 24.3 Å². The summed E-state index contributed by atoms with van der Waals surface area (Å²) < 4.78 is 5.24. The molecule has 1 aromatic rings. The van der Waals surface area contributed by atoms with Crippen molar-refractivity contribution >= 4 is 11.6 Å². The van der Waals surface area contributed by atoms with E-state index >= 15 is 0 Å². The van der Waals surface area contributed by atoms with Gasteiger partial charge >= 0.3 is 0 Å². The minimum absolute atomic E-state index is 0.0499. The van der Waals surface area contributed by atoms with E-state index in [1.807, 2.05) is 19.2 Å². The highest BCUT2D eigenvalue weighted by atomic mass is 35.5. The van der Waals surface area contributed by atoms with Gasteiger partial charge in [-0.1, -0.05) is 11.6 Å². The first kappa shape index (κ1) is 12.3. The molecular formula is C11H17ClN2O. The Labute approximate surface area is 95.6 Å². The van der Waals surface area contributed by atoms with Crippen LogP contribution in [0.2, 0.25) is 5.02 Å². The van der Waals surface area contributed by atoms with Gasteiger partial charge in [0, 0.05) is 16.6 Å². The Balaban J connectivity index is 2.85. The molecule has 1 unspecified atom stereocenters. The second-order valence-electron chi connectivity index (χ2n) is 3.38. The number of methoxy groups -OCH3 is 1. The molecule has 4 heteroatoms.